The minimum atomic E-state index is -1.15. The molecule has 0 bridgehead atoms. The Morgan fingerprint density at radius 2 is 1.40 bits per heavy atom. The molecule has 17 heteroatoms. The quantitative estimate of drug-likeness (QED) is 0.124. The molecule has 2 heterocycles. The molecule has 2 aliphatic carbocycles. The van der Waals surface area contributed by atoms with Gasteiger partial charge in [0.05, 0.1) is 30.1 Å². The first-order valence-electron chi connectivity index (χ1n) is 27.4. The number of ether oxygens (including phenoxy) is 2. The molecule has 2 aliphatic heterocycles. The molecule has 77 heavy (non-hydrogen) atoms. The van der Waals surface area contributed by atoms with Gasteiger partial charge >= 0.3 is 6.09 Å². The van der Waals surface area contributed by atoms with E-state index in [0.29, 0.717) is 19.3 Å². The summed E-state index contributed by atoms with van der Waals surface area (Å²) in [6.45, 7) is 18.2. The maximum atomic E-state index is 15.7. The smallest absolute Gasteiger partial charge is 0.410 e. The Morgan fingerprint density at radius 3 is 2.01 bits per heavy atom. The van der Waals surface area contributed by atoms with E-state index in [2.05, 4.69) is 22.0 Å². The summed E-state index contributed by atoms with van der Waals surface area (Å²) in [7, 11) is 3.03. The predicted molar refractivity (Wildman–Crippen MR) is 294 cm³/mol. The second kappa shape index (κ2) is 23.3. The topological polar surface area (TPSA) is 213 Å². The summed E-state index contributed by atoms with van der Waals surface area (Å²) in [5.41, 5.74) is 8.19. The fourth-order valence-electron chi connectivity index (χ4n) is 10.9. The number of rotatable bonds is 16. The van der Waals surface area contributed by atoms with Crippen LogP contribution in [0.15, 0.2) is 78.9 Å². The van der Waals surface area contributed by atoms with Crippen LogP contribution in [-0.4, -0.2) is 137 Å². The lowest BCUT2D eigenvalue weighted by Gasteiger charge is -2.43. The van der Waals surface area contributed by atoms with E-state index in [0.717, 1.165) is 40.7 Å². The van der Waals surface area contributed by atoms with Crippen molar-refractivity contribution in [2.75, 3.05) is 33.9 Å². The van der Waals surface area contributed by atoms with Crippen molar-refractivity contribution in [3.8, 4) is 0 Å². The molecule has 2 fully saturated rings. The molecule has 1 saturated heterocycles. The molecule has 17 nitrogen and oxygen atoms in total. The fraction of sp³-hybridized carbons (Fsp3) is 0.583. The molecule has 7 amide bonds. The predicted octanol–water partition coefficient (Wildman–Crippen LogP) is 6.38. The van der Waals surface area contributed by atoms with Crippen LogP contribution in [-0.2, 0) is 57.6 Å². The lowest BCUT2D eigenvalue weighted by Crippen LogP contribution is -2.60. The van der Waals surface area contributed by atoms with E-state index in [9.17, 15) is 19.2 Å². The number of likely N-dealkylation sites (N-methyl/N-ethyl adjacent to an activating group) is 1. The van der Waals surface area contributed by atoms with E-state index in [1.165, 1.54) is 16.8 Å². The van der Waals surface area contributed by atoms with Gasteiger partial charge in [-0.15, -0.1) is 0 Å². The normalized spacial score (nSPS) is 21.5. The van der Waals surface area contributed by atoms with Crippen molar-refractivity contribution >= 4 is 41.5 Å². The number of benzene rings is 3. The van der Waals surface area contributed by atoms with Gasteiger partial charge in [0.15, 0.2) is 0 Å². The number of fused-ring (bicyclic) bond motifs is 2. The van der Waals surface area contributed by atoms with Gasteiger partial charge in [0.2, 0.25) is 35.4 Å². The number of likely N-dealkylation sites (tertiary alicyclic amines) is 1. The molecule has 0 spiro atoms. The second-order valence-electron chi connectivity index (χ2n) is 25.1. The van der Waals surface area contributed by atoms with Crippen LogP contribution < -0.4 is 21.7 Å². The van der Waals surface area contributed by atoms with Gasteiger partial charge in [-0.1, -0.05) is 120 Å². The first-order chi connectivity index (χ1) is 36.1. The van der Waals surface area contributed by atoms with Gasteiger partial charge in [0.25, 0.3) is 0 Å². The Balaban J connectivity index is 1.19. The molecule has 4 aliphatic rings. The number of carbonyl (C=O) groups excluding carboxylic acids is 7. The highest BCUT2D eigenvalue weighted by atomic mass is 16.6. The number of nitrogens with one attached hydrogen (secondary N) is 3. The van der Waals surface area contributed by atoms with Crippen LogP contribution in [0.5, 0.6) is 0 Å². The van der Waals surface area contributed by atoms with Gasteiger partial charge in [0, 0.05) is 46.3 Å². The van der Waals surface area contributed by atoms with Crippen molar-refractivity contribution < 1.29 is 43.0 Å². The molecule has 8 atom stereocenters. The van der Waals surface area contributed by atoms with Crippen molar-refractivity contribution in [1.29, 1.82) is 0 Å². The minimum Gasteiger partial charge on any atom is -0.444 e. The molecule has 0 radical (unpaired) electrons. The van der Waals surface area contributed by atoms with E-state index in [-0.39, 0.29) is 68.8 Å². The molecule has 418 valence electrons. The van der Waals surface area contributed by atoms with Gasteiger partial charge < -0.3 is 45.9 Å². The highest BCUT2D eigenvalue weighted by Gasteiger charge is 2.55. The van der Waals surface area contributed by atoms with Crippen LogP contribution >= 0.6 is 0 Å². The van der Waals surface area contributed by atoms with Crippen molar-refractivity contribution in [1.82, 2.24) is 35.6 Å². The van der Waals surface area contributed by atoms with E-state index in [4.69, 9.17) is 15.2 Å². The number of hydrogen-bond donors (Lipinski definition) is 4. The zero-order valence-electron chi connectivity index (χ0n) is 47.4. The minimum absolute atomic E-state index is 0.000510. The Bertz CT molecular complexity index is 2650. The number of aryl methyl sites for hydroxylation is 1. The summed E-state index contributed by atoms with van der Waals surface area (Å²) in [5.74, 6) is -2.47. The number of carbonyl (C=O) groups is 7. The summed E-state index contributed by atoms with van der Waals surface area (Å²) in [4.78, 5) is 108. The largest absolute Gasteiger partial charge is 0.444 e. The van der Waals surface area contributed by atoms with Gasteiger partial charge in [0.1, 0.15) is 29.8 Å². The third-order valence-electron chi connectivity index (χ3n) is 15.9. The molecule has 4 unspecified atom stereocenters. The second-order valence-corrected chi connectivity index (χ2v) is 25.1. The van der Waals surface area contributed by atoms with E-state index in [1.54, 1.807) is 44.6 Å². The summed E-state index contributed by atoms with van der Waals surface area (Å²) in [6, 6.07) is 18.7. The molecule has 3 aromatic carbocycles. The molecule has 7 rings (SSSR count). The Hall–Kier alpha value is -6.33. The van der Waals surface area contributed by atoms with Crippen molar-refractivity contribution in [3.63, 3.8) is 0 Å². The van der Waals surface area contributed by atoms with E-state index in [1.807, 2.05) is 114 Å². The average molecular weight is 1060 g/mol. The van der Waals surface area contributed by atoms with Crippen LogP contribution in [0.3, 0.4) is 0 Å². The number of nitrogens with two attached hydrogens (primary N) is 1. The van der Waals surface area contributed by atoms with Gasteiger partial charge in [-0.3, -0.25) is 33.7 Å². The molecular weight excluding hydrogens is 977 g/mol. The van der Waals surface area contributed by atoms with Crippen LogP contribution in [0.1, 0.15) is 141 Å². The highest BCUT2D eigenvalue weighted by molar-refractivity contribution is 5.96. The van der Waals surface area contributed by atoms with E-state index < -0.39 is 82.0 Å². The number of hydrogen-bond acceptors (Lipinski definition) is 10. The Morgan fingerprint density at radius 1 is 0.779 bits per heavy atom. The average Bonchev–Trinajstić information content (AvgIpc) is 4.07. The zero-order valence-corrected chi connectivity index (χ0v) is 47.4. The van der Waals surface area contributed by atoms with Crippen molar-refractivity contribution in [2.45, 2.75) is 175 Å². The van der Waals surface area contributed by atoms with Crippen LogP contribution in [0.2, 0.25) is 0 Å². The SMILES string of the molecule is COCC(c1ccccc1)N(CC1(C(=O)N[C@H]2C[C@@H](C(=O)NC3CCCc4ccccc43)N(C(=O)[C@@H](NC(=O)[C@H](C)N(C)C(=O)OC(C)(C)C)C(C)(C)C)C2)CC1)C(=O)C1Cc2ccccc2CN1C(=O)C(N)C(C)(C)C. The highest BCUT2D eigenvalue weighted by Crippen LogP contribution is 2.48. The summed E-state index contributed by atoms with van der Waals surface area (Å²) >= 11 is 0. The lowest BCUT2D eigenvalue weighted by molar-refractivity contribution is -0.152. The van der Waals surface area contributed by atoms with Gasteiger partial charge in [-0.25, -0.2) is 4.79 Å². The fourth-order valence-corrected chi connectivity index (χ4v) is 10.9. The monoisotopic (exact) mass is 1060 g/mol. The molecule has 0 aromatic heterocycles. The maximum Gasteiger partial charge on any atom is 0.410 e. The first-order valence-corrected chi connectivity index (χ1v) is 27.4. The number of nitrogens with zero attached hydrogens (tertiary/aromatic N) is 4. The molecule has 1 saturated carbocycles. The lowest BCUT2D eigenvalue weighted by atomic mass is 9.84. The summed E-state index contributed by atoms with van der Waals surface area (Å²) < 4.78 is 11.4. The molecule has 5 N–H and O–H groups in total. The summed E-state index contributed by atoms with van der Waals surface area (Å²) in [6.07, 6.45) is 3.00. The van der Waals surface area contributed by atoms with Crippen molar-refractivity contribution in [3.05, 3.63) is 107 Å². The number of methoxy groups -OCH3 is 1. The van der Waals surface area contributed by atoms with Gasteiger partial charge in [-0.2, -0.15) is 0 Å². The first kappa shape index (κ1) is 58.4. The summed E-state index contributed by atoms with van der Waals surface area (Å²) in [5, 5.41) is 9.43. The standard InChI is InChI=1S/C60H84N8O9/c1-37(65(11)56(75)77-59(8,9)10)50(69)64-49(58(5,6)7)54(73)67-34-42(32-45(67)51(70)63-44-28-20-26-38-21-18-19-27-43(38)44)62-55(74)60(29-30-60)36-68(47(35-76-12)39-22-14-13-15-23-39)52(71)46-31-40-24-16-17-25-41(40)33-66(46)53(72)48(61)57(2,3)4/h13-19,21-25,27,37,42,44-49H,20,26,28-36,61H2,1-12H3,(H,62,74)(H,63,70)(H,64,69)/t37-,42-,44?,45-,46?,47?,48?,49+/m0/s1. The molecule has 3 aromatic rings. The van der Waals surface area contributed by atoms with Gasteiger partial charge in [-0.05, 0) is 105 Å². The zero-order chi connectivity index (χ0) is 56.4. The number of amides is 7. The molecular formula is C60H84N8O9. The van der Waals surface area contributed by atoms with Crippen molar-refractivity contribution in [2.24, 2.45) is 22.0 Å². The van der Waals surface area contributed by atoms with Crippen LogP contribution in [0.25, 0.3) is 0 Å². The maximum absolute atomic E-state index is 15.7. The third kappa shape index (κ3) is 13.5. The van der Waals surface area contributed by atoms with Crippen LogP contribution in [0, 0.1) is 16.2 Å². The van der Waals surface area contributed by atoms with Crippen LogP contribution in [0.4, 0.5) is 4.79 Å². The Kier molecular flexibility index (Phi) is 17.7. The third-order valence-corrected chi connectivity index (χ3v) is 15.9. The Labute approximate surface area is 455 Å². The van der Waals surface area contributed by atoms with E-state index >= 15 is 14.4 Å².